The Morgan fingerprint density at radius 1 is 0.920 bits per heavy atom. The first kappa shape index (κ1) is 16.7. The van der Waals surface area contributed by atoms with E-state index >= 15 is 0 Å². The molecule has 3 rings (SSSR count). The van der Waals surface area contributed by atoms with Crippen molar-refractivity contribution >= 4 is 28.8 Å². The lowest BCUT2D eigenvalue weighted by Gasteiger charge is -2.14. The first-order valence-corrected chi connectivity index (χ1v) is 7.93. The van der Waals surface area contributed by atoms with Crippen LogP contribution in [0.1, 0.15) is 5.69 Å². The molecule has 0 bridgehead atoms. The second-order valence-corrected chi connectivity index (χ2v) is 5.89. The van der Waals surface area contributed by atoms with E-state index in [4.69, 9.17) is 0 Å². The fourth-order valence-corrected chi connectivity index (χ4v) is 2.36. The van der Waals surface area contributed by atoms with Crippen LogP contribution in [0, 0.1) is 12.7 Å². The first-order chi connectivity index (χ1) is 12.0. The van der Waals surface area contributed by atoms with Gasteiger partial charge in [-0.1, -0.05) is 12.1 Å². The van der Waals surface area contributed by atoms with Gasteiger partial charge in [0.1, 0.15) is 11.6 Å². The molecule has 2 aromatic carbocycles. The molecule has 3 aromatic rings. The zero-order valence-electron chi connectivity index (χ0n) is 14.4. The van der Waals surface area contributed by atoms with Crippen molar-refractivity contribution in [3.8, 4) is 0 Å². The standard InChI is InChI=1S/C19H20FN5/c1-13-12-18(22-14-8-10-15(11-9-14)25(2)3)24-19(21-13)23-17-7-5-4-6-16(17)20/h4-12H,1-3H3,(H2,21,22,23,24). The maximum Gasteiger partial charge on any atom is 0.229 e. The van der Waals surface area contributed by atoms with Crippen molar-refractivity contribution in [2.24, 2.45) is 0 Å². The largest absolute Gasteiger partial charge is 0.378 e. The minimum atomic E-state index is -0.346. The number of hydrogen-bond donors (Lipinski definition) is 2. The number of benzene rings is 2. The lowest BCUT2D eigenvalue weighted by molar-refractivity contribution is 0.631. The van der Waals surface area contributed by atoms with Crippen molar-refractivity contribution in [1.82, 2.24) is 9.97 Å². The van der Waals surface area contributed by atoms with E-state index < -0.39 is 0 Å². The van der Waals surface area contributed by atoms with Gasteiger partial charge in [0.2, 0.25) is 5.95 Å². The lowest BCUT2D eigenvalue weighted by atomic mass is 10.2. The van der Waals surface area contributed by atoms with Crippen LogP contribution >= 0.6 is 0 Å². The fraction of sp³-hybridized carbons (Fsp3) is 0.158. The summed E-state index contributed by atoms with van der Waals surface area (Å²) in [5.74, 6) is 0.642. The van der Waals surface area contributed by atoms with Crippen LogP contribution in [-0.4, -0.2) is 24.1 Å². The average molecular weight is 337 g/mol. The van der Waals surface area contributed by atoms with E-state index in [9.17, 15) is 4.39 Å². The summed E-state index contributed by atoms with van der Waals surface area (Å²) in [5.41, 5.74) is 3.16. The third kappa shape index (κ3) is 4.23. The molecule has 0 saturated heterocycles. The van der Waals surface area contributed by atoms with E-state index in [0.717, 1.165) is 17.1 Å². The summed E-state index contributed by atoms with van der Waals surface area (Å²) in [6.07, 6.45) is 0. The molecule has 0 unspecified atom stereocenters. The number of aryl methyl sites for hydroxylation is 1. The number of rotatable bonds is 5. The highest BCUT2D eigenvalue weighted by molar-refractivity contribution is 5.62. The predicted octanol–water partition coefficient (Wildman–Crippen LogP) is 4.48. The summed E-state index contributed by atoms with van der Waals surface area (Å²) in [6.45, 7) is 1.87. The Morgan fingerprint density at radius 2 is 1.64 bits per heavy atom. The molecule has 6 heteroatoms. The summed E-state index contributed by atoms with van der Waals surface area (Å²) in [6, 6.07) is 16.3. The quantitative estimate of drug-likeness (QED) is 0.719. The molecular formula is C19H20FN5. The molecule has 0 radical (unpaired) electrons. The van der Waals surface area contributed by atoms with Gasteiger partial charge in [-0.25, -0.2) is 9.37 Å². The van der Waals surface area contributed by atoms with Crippen LogP contribution in [0.4, 0.5) is 33.2 Å². The zero-order chi connectivity index (χ0) is 17.8. The molecule has 25 heavy (non-hydrogen) atoms. The van der Waals surface area contributed by atoms with Crippen molar-refractivity contribution < 1.29 is 4.39 Å². The third-order valence-electron chi connectivity index (χ3n) is 3.63. The van der Waals surface area contributed by atoms with Gasteiger partial charge in [-0.2, -0.15) is 4.98 Å². The Hall–Kier alpha value is -3.15. The Bertz CT molecular complexity index is 862. The fourth-order valence-electron chi connectivity index (χ4n) is 2.36. The Labute approximate surface area is 146 Å². The average Bonchev–Trinajstić information content (AvgIpc) is 2.57. The number of anilines is 5. The molecule has 0 saturated carbocycles. The van der Waals surface area contributed by atoms with Crippen molar-refractivity contribution in [3.05, 3.63) is 66.1 Å². The molecule has 0 aliphatic heterocycles. The number of nitrogens with one attached hydrogen (secondary N) is 2. The maximum atomic E-state index is 13.8. The first-order valence-electron chi connectivity index (χ1n) is 7.93. The molecule has 0 aliphatic rings. The van der Waals surface area contributed by atoms with E-state index in [2.05, 4.69) is 20.6 Å². The summed E-state index contributed by atoms with van der Waals surface area (Å²) in [4.78, 5) is 10.8. The number of aromatic nitrogens is 2. The molecule has 0 atom stereocenters. The topological polar surface area (TPSA) is 53.1 Å². The van der Waals surface area contributed by atoms with Crippen molar-refractivity contribution in [1.29, 1.82) is 0 Å². The van der Waals surface area contributed by atoms with E-state index in [1.165, 1.54) is 6.07 Å². The molecular weight excluding hydrogens is 317 g/mol. The highest BCUT2D eigenvalue weighted by Crippen LogP contribution is 2.22. The molecule has 1 heterocycles. The molecule has 0 amide bonds. The minimum Gasteiger partial charge on any atom is -0.378 e. The molecule has 1 aromatic heterocycles. The van der Waals surface area contributed by atoms with Crippen molar-refractivity contribution in [2.45, 2.75) is 6.92 Å². The number of hydrogen-bond acceptors (Lipinski definition) is 5. The highest BCUT2D eigenvalue weighted by Gasteiger charge is 2.06. The van der Waals surface area contributed by atoms with Gasteiger partial charge in [0.05, 0.1) is 5.69 Å². The van der Waals surface area contributed by atoms with Crippen molar-refractivity contribution in [3.63, 3.8) is 0 Å². The molecule has 5 nitrogen and oxygen atoms in total. The predicted molar refractivity (Wildman–Crippen MR) is 101 cm³/mol. The number of halogens is 1. The van der Waals surface area contributed by atoms with Gasteiger partial charge in [-0.3, -0.25) is 0 Å². The number of para-hydroxylation sites is 1. The van der Waals surface area contributed by atoms with Gasteiger partial charge < -0.3 is 15.5 Å². The van der Waals surface area contributed by atoms with Gasteiger partial charge in [-0.05, 0) is 43.3 Å². The van der Waals surface area contributed by atoms with Crippen LogP contribution in [0.2, 0.25) is 0 Å². The smallest absolute Gasteiger partial charge is 0.229 e. The lowest BCUT2D eigenvalue weighted by Crippen LogP contribution is -2.08. The normalized spacial score (nSPS) is 10.4. The van der Waals surface area contributed by atoms with Gasteiger partial charge in [0, 0.05) is 37.2 Å². The molecule has 0 fully saturated rings. The van der Waals surface area contributed by atoms with Gasteiger partial charge >= 0.3 is 0 Å². The maximum absolute atomic E-state index is 13.8. The summed E-state index contributed by atoms with van der Waals surface area (Å²) in [5, 5.41) is 6.17. The molecule has 2 N–H and O–H groups in total. The molecule has 0 spiro atoms. The number of nitrogens with zero attached hydrogens (tertiary/aromatic N) is 3. The summed E-state index contributed by atoms with van der Waals surface area (Å²) in [7, 11) is 3.99. The summed E-state index contributed by atoms with van der Waals surface area (Å²) < 4.78 is 13.8. The molecule has 128 valence electrons. The summed E-state index contributed by atoms with van der Waals surface area (Å²) >= 11 is 0. The van der Waals surface area contributed by atoms with Gasteiger partial charge in [0.15, 0.2) is 0 Å². The van der Waals surface area contributed by atoms with Gasteiger partial charge in [0.25, 0.3) is 0 Å². The van der Waals surface area contributed by atoms with Crippen LogP contribution in [0.15, 0.2) is 54.6 Å². The SMILES string of the molecule is Cc1cc(Nc2ccc(N(C)C)cc2)nc(Nc2ccccc2F)n1. The van der Waals surface area contributed by atoms with Gasteiger partial charge in [-0.15, -0.1) is 0 Å². The zero-order valence-corrected chi connectivity index (χ0v) is 14.4. The van der Waals surface area contributed by atoms with E-state index in [1.54, 1.807) is 18.2 Å². The van der Waals surface area contributed by atoms with E-state index in [1.807, 2.05) is 56.3 Å². The van der Waals surface area contributed by atoms with E-state index in [-0.39, 0.29) is 5.82 Å². The minimum absolute atomic E-state index is 0.342. The Balaban J connectivity index is 1.80. The van der Waals surface area contributed by atoms with Crippen LogP contribution in [0.25, 0.3) is 0 Å². The second-order valence-electron chi connectivity index (χ2n) is 5.89. The monoisotopic (exact) mass is 337 g/mol. The Kier molecular flexibility index (Phi) is 4.79. The highest BCUT2D eigenvalue weighted by atomic mass is 19.1. The second kappa shape index (κ2) is 7.17. The Morgan fingerprint density at radius 3 is 2.32 bits per heavy atom. The van der Waals surface area contributed by atoms with E-state index in [0.29, 0.717) is 17.5 Å². The van der Waals surface area contributed by atoms with Crippen LogP contribution in [-0.2, 0) is 0 Å². The van der Waals surface area contributed by atoms with Crippen molar-refractivity contribution in [2.75, 3.05) is 29.6 Å². The molecule has 0 aliphatic carbocycles. The third-order valence-corrected chi connectivity index (χ3v) is 3.63. The van der Waals surface area contributed by atoms with Crippen LogP contribution in [0.5, 0.6) is 0 Å². The van der Waals surface area contributed by atoms with Crippen LogP contribution < -0.4 is 15.5 Å². The van der Waals surface area contributed by atoms with Crippen LogP contribution in [0.3, 0.4) is 0 Å².